The molecule has 0 aliphatic carbocycles. The van der Waals surface area contributed by atoms with Crippen LogP contribution in [0, 0.1) is 12.8 Å². The number of carbonyl (C=O) groups is 1. The minimum Gasteiger partial charge on any atom is -0.466 e. The quantitative estimate of drug-likeness (QED) is 0.795. The standard InChI is InChI=1S/C13H18O3/c1-4-16-13(15)10(3)12(14)11-7-5-9(2)6-8-11/h5-8,10,12,14H,4H2,1-3H3. The summed E-state index contributed by atoms with van der Waals surface area (Å²) in [6, 6.07) is 7.48. The fraction of sp³-hybridized carbons (Fsp3) is 0.462. The van der Waals surface area contributed by atoms with Gasteiger partial charge in [0.2, 0.25) is 0 Å². The molecule has 0 radical (unpaired) electrons. The van der Waals surface area contributed by atoms with E-state index in [1.165, 1.54) is 0 Å². The van der Waals surface area contributed by atoms with Crippen molar-refractivity contribution >= 4 is 5.97 Å². The van der Waals surface area contributed by atoms with Crippen molar-refractivity contribution in [3.05, 3.63) is 35.4 Å². The zero-order valence-corrected chi connectivity index (χ0v) is 9.93. The summed E-state index contributed by atoms with van der Waals surface area (Å²) in [5.74, 6) is -0.904. The maximum atomic E-state index is 11.4. The molecule has 88 valence electrons. The van der Waals surface area contributed by atoms with Crippen LogP contribution in [0.5, 0.6) is 0 Å². The van der Waals surface area contributed by atoms with Crippen LogP contribution in [-0.2, 0) is 9.53 Å². The van der Waals surface area contributed by atoms with E-state index in [0.29, 0.717) is 6.61 Å². The molecule has 2 atom stereocenters. The lowest BCUT2D eigenvalue weighted by molar-refractivity contribution is -0.151. The second kappa shape index (κ2) is 5.66. The van der Waals surface area contributed by atoms with Gasteiger partial charge in [0.1, 0.15) is 0 Å². The van der Waals surface area contributed by atoms with Gasteiger partial charge >= 0.3 is 5.97 Å². The topological polar surface area (TPSA) is 46.5 Å². The Morgan fingerprint density at radius 2 is 1.94 bits per heavy atom. The Bertz CT molecular complexity index is 343. The number of aliphatic hydroxyl groups excluding tert-OH is 1. The van der Waals surface area contributed by atoms with Crippen LogP contribution in [0.3, 0.4) is 0 Å². The Morgan fingerprint density at radius 1 is 1.38 bits per heavy atom. The normalized spacial score (nSPS) is 14.2. The number of esters is 1. The van der Waals surface area contributed by atoms with Crippen LogP contribution in [-0.4, -0.2) is 17.7 Å². The fourth-order valence-corrected chi connectivity index (χ4v) is 1.45. The third-order valence-electron chi connectivity index (χ3n) is 2.55. The minimum atomic E-state index is -0.806. The van der Waals surface area contributed by atoms with Crippen molar-refractivity contribution in [2.75, 3.05) is 6.61 Å². The maximum Gasteiger partial charge on any atom is 0.311 e. The third-order valence-corrected chi connectivity index (χ3v) is 2.55. The number of benzene rings is 1. The summed E-state index contributed by atoms with van der Waals surface area (Å²) in [7, 11) is 0. The van der Waals surface area contributed by atoms with E-state index in [0.717, 1.165) is 11.1 Å². The minimum absolute atomic E-state index is 0.337. The number of rotatable bonds is 4. The molecule has 0 bridgehead atoms. The van der Waals surface area contributed by atoms with Crippen molar-refractivity contribution in [1.82, 2.24) is 0 Å². The van der Waals surface area contributed by atoms with Gasteiger partial charge in [-0.05, 0) is 26.3 Å². The molecular weight excluding hydrogens is 204 g/mol. The largest absolute Gasteiger partial charge is 0.466 e. The Hall–Kier alpha value is -1.35. The Balaban J connectivity index is 2.73. The lowest BCUT2D eigenvalue weighted by Gasteiger charge is -2.17. The van der Waals surface area contributed by atoms with Crippen LogP contribution in [0.1, 0.15) is 31.1 Å². The van der Waals surface area contributed by atoms with Crippen LogP contribution < -0.4 is 0 Å². The smallest absolute Gasteiger partial charge is 0.311 e. The van der Waals surface area contributed by atoms with Crippen molar-refractivity contribution in [1.29, 1.82) is 0 Å². The van der Waals surface area contributed by atoms with Crippen molar-refractivity contribution < 1.29 is 14.6 Å². The maximum absolute atomic E-state index is 11.4. The molecular formula is C13H18O3. The summed E-state index contributed by atoms with van der Waals surface area (Å²) in [6.45, 7) is 5.74. The monoisotopic (exact) mass is 222 g/mol. The first-order chi connectivity index (χ1) is 7.56. The van der Waals surface area contributed by atoms with Crippen LogP contribution in [0.4, 0.5) is 0 Å². The molecule has 3 heteroatoms. The molecule has 0 saturated carbocycles. The molecule has 0 saturated heterocycles. The van der Waals surface area contributed by atoms with Crippen LogP contribution in [0.15, 0.2) is 24.3 Å². The number of ether oxygens (including phenoxy) is 1. The molecule has 0 fully saturated rings. The van der Waals surface area contributed by atoms with Crippen LogP contribution >= 0.6 is 0 Å². The van der Waals surface area contributed by atoms with Gasteiger partial charge in [-0.1, -0.05) is 29.8 Å². The van der Waals surface area contributed by atoms with Gasteiger partial charge < -0.3 is 9.84 Å². The number of carbonyl (C=O) groups excluding carboxylic acids is 1. The van der Waals surface area contributed by atoms with Gasteiger partial charge in [-0.15, -0.1) is 0 Å². The van der Waals surface area contributed by atoms with Crippen molar-refractivity contribution in [3.8, 4) is 0 Å². The predicted molar refractivity (Wildman–Crippen MR) is 61.9 cm³/mol. The number of aliphatic hydroxyl groups is 1. The highest BCUT2D eigenvalue weighted by atomic mass is 16.5. The highest BCUT2D eigenvalue weighted by molar-refractivity contribution is 5.72. The molecule has 16 heavy (non-hydrogen) atoms. The summed E-state index contributed by atoms with van der Waals surface area (Å²) >= 11 is 0. The molecule has 0 aliphatic rings. The van der Waals surface area contributed by atoms with Gasteiger partial charge in [-0.3, -0.25) is 4.79 Å². The van der Waals surface area contributed by atoms with Crippen molar-refractivity contribution in [2.24, 2.45) is 5.92 Å². The van der Waals surface area contributed by atoms with Gasteiger partial charge in [0.05, 0.1) is 18.6 Å². The first-order valence-electron chi connectivity index (χ1n) is 5.47. The second-order valence-electron chi connectivity index (χ2n) is 3.90. The lowest BCUT2D eigenvalue weighted by Crippen LogP contribution is -2.21. The summed E-state index contributed by atoms with van der Waals surface area (Å²) in [5, 5.41) is 9.98. The molecule has 0 aromatic heterocycles. The molecule has 1 rings (SSSR count). The fourth-order valence-electron chi connectivity index (χ4n) is 1.45. The first kappa shape index (κ1) is 12.7. The first-order valence-corrected chi connectivity index (χ1v) is 5.47. The summed E-state index contributed by atoms with van der Waals surface area (Å²) in [6.07, 6.45) is -0.806. The van der Waals surface area contributed by atoms with Crippen LogP contribution in [0.2, 0.25) is 0 Å². The molecule has 1 aromatic carbocycles. The van der Waals surface area contributed by atoms with E-state index in [1.54, 1.807) is 13.8 Å². The molecule has 0 aliphatic heterocycles. The molecule has 1 aromatic rings. The number of hydrogen-bond acceptors (Lipinski definition) is 3. The van der Waals surface area contributed by atoms with E-state index in [-0.39, 0.29) is 5.97 Å². The zero-order valence-electron chi connectivity index (χ0n) is 9.93. The van der Waals surface area contributed by atoms with E-state index in [1.807, 2.05) is 31.2 Å². The SMILES string of the molecule is CCOC(=O)C(C)C(O)c1ccc(C)cc1. The predicted octanol–water partition coefficient (Wildman–Crippen LogP) is 2.23. The van der Waals surface area contributed by atoms with Crippen molar-refractivity contribution in [3.63, 3.8) is 0 Å². The molecule has 3 nitrogen and oxygen atoms in total. The van der Waals surface area contributed by atoms with Crippen molar-refractivity contribution in [2.45, 2.75) is 26.9 Å². The summed E-state index contributed by atoms with van der Waals surface area (Å²) in [4.78, 5) is 11.4. The van der Waals surface area contributed by atoms with Gasteiger partial charge in [0, 0.05) is 0 Å². The molecule has 0 heterocycles. The third kappa shape index (κ3) is 3.07. The van der Waals surface area contributed by atoms with Gasteiger partial charge in [-0.2, -0.15) is 0 Å². The Kier molecular flexibility index (Phi) is 4.50. The van der Waals surface area contributed by atoms with Gasteiger partial charge in [0.25, 0.3) is 0 Å². The Morgan fingerprint density at radius 3 is 2.44 bits per heavy atom. The number of aryl methyl sites for hydroxylation is 1. The van der Waals surface area contributed by atoms with E-state index in [9.17, 15) is 9.90 Å². The summed E-state index contributed by atoms with van der Waals surface area (Å²) in [5.41, 5.74) is 1.87. The van der Waals surface area contributed by atoms with Crippen LogP contribution in [0.25, 0.3) is 0 Å². The zero-order chi connectivity index (χ0) is 12.1. The summed E-state index contributed by atoms with van der Waals surface area (Å²) < 4.78 is 4.87. The highest BCUT2D eigenvalue weighted by Crippen LogP contribution is 2.23. The molecule has 0 amide bonds. The molecule has 1 N–H and O–H groups in total. The lowest BCUT2D eigenvalue weighted by atomic mass is 9.97. The second-order valence-corrected chi connectivity index (χ2v) is 3.90. The van der Waals surface area contributed by atoms with Gasteiger partial charge in [0.15, 0.2) is 0 Å². The number of hydrogen-bond donors (Lipinski definition) is 1. The molecule has 0 spiro atoms. The van der Waals surface area contributed by atoms with E-state index < -0.39 is 12.0 Å². The average Bonchev–Trinajstić information content (AvgIpc) is 2.28. The van der Waals surface area contributed by atoms with Gasteiger partial charge in [-0.25, -0.2) is 0 Å². The Labute approximate surface area is 96.1 Å². The average molecular weight is 222 g/mol. The molecule has 2 unspecified atom stereocenters. The van der Waals surface area contributed by atoms with E-state index in [2.05, 4.69) is 0 Å². The van der Waals surface area contributed by atoms with E-state index in [4.69, 9.17) is 4.74 Å². The highest BCUT2D eigenvalue weighted by Gasteiger charge is 2.24. The van der Waals surface area contributed by atoms with E-state index >= 15 is 0 Å².